The van der Waals surface area contributed by atoms with Crippen molar-refractivity contribution in [2.45, 2.75) is 51.9 Å². The third-order valence-electron chi connectivity index (χ3n) is 4.09. The standard InChI is InChI=1S/C13H19N/c1-10(9-14)12-7-6-11-4-2-3-5-13(11)8-12/h11,13H,2-8H2,1H3. The van der Waals surface area contributed by atoms with Gasteiger partial charge in [0, 0.05) is 5.57 Å². The van der Waals surface area contributed by atoms with Crippen molar-refractivity contribution in [3.63, 3.8) is 0 Å². The highest BCUT2D eigenvalue weighted by Gasteiger charge is 2.29. The lowest BCUT2D eigenvalue weighted by atomic mass is 9.69. The normalized spacial score (nSPS) is 35.7. The van der Waals surface area contributed by atoms with Crippen molar-refractivity contribution >= 4 is 0 Å². The maximum atomic E-state index is 8.88. The summed E-state index contributed by atoms with van der Waals surface area (Å²) in [5, 5.41) is 8.88. The van der Waals surface area contributed by atoms with Gasteiger partial charge < -0.3 is 0 Å². The average Bonchev–Trinajstić information content (AvgIpc) is 2.27. The van der Waals surface area contributed by atoms with Crippen LogP contribution in [0.25, 0.3) is 0 Å². The summed E-state index contributed by atoms with van der Waals surface area (Å²) in [5.74, 6) is 1.90. The third-order valence-corrected chi connectivity index (χ3v) is 4.09. The highest BCUT2D eigenvalue weighted by Crippen LogP contribution is 2.43. The van der Waals surface area contributed by atoms with Gasteiger partial charge in [-0.25, -0.2) is 0 Å². The first-order chi connectivity index (χ1) is 6.81. The number of rotatable bonds is 0. The topological polar surface area (TPSA) is 23.8 Å². The molecule has 2 saturated carbocycles. The van der Waals surface area contributed by atoms with E-state index in [0.717, 1.165) is 17.4 Å². The fraction of sp³-hybridized carbons (Fsp3) is 0.769. The first-order valence-corrected chi connectivity index (χ1v) is 5.90. The van der Waals surface area contributed by atoms with Crippen molar-refractivity contribution in [1.29, 1.82) is 5.26 Å². The summed E-state index contributed by atoms with van der Waals surface area (Å²) in [6.45, 7) is 1.98. The lowest BCUT2D eigenvalue weighted by molar-refractivity contribution is 0.198. The van der Waals surface area contributed by atoms with Gasteiger partial charge in [-0.05, 0) is 44.4 Å². The number of nitriles is 1. The summed E-state index contributed by atoms with van der Waals surface area (Å²) < 4.78 is 0. The van der Waals surface area contributed by atoms with Crippen molar-refractivity contribution in [2.75, 3.05) is 0 Å². The first-order valence-electron chi connectivity index (χ1n) is 5.90. The van der Waals surface area contributed by atoms with Gasteiger partial charge in [0.05, 0.1) is 6.07 Å². The fourth-order valence-electron chi connectivity index (χ4n) is 3.13. The van der Waals surface area contributed by atoms with E-state index < -0.39 is 0 Å². The third kappa shape index (κ3) is 1.85. The number of allylic oxidation sites excluding steroid dienone is 2. The van der Waals surface area contributed by atoms with Crippen LogP contribution in [0.4, 0.5) is 0 Å². The molecule has 76 valence electrons. The van der Waals surface area contributed by atoms with E-state index in [0.29, 0.717) is 0 Å². The second-order valence-corrected chi connectivity index (χ2v) is 4.89. The second kappa shape index (κ2) is 4.17. The lowest BCUT2D eigenvalue weighted by Crippen LogP contribution is -2.24. The van der Waals surface area contributed by atoms with Crippen LogP contribution in [0.2, 0.25) is 0 Å². The molecule has 2 atom stereocenters. The monoisotopic (exact) mass is 189 g/mol. The van der Waals surface area contributed by atoms with Gasteiger partial charge in [0.15, 0.2) is 0 Å². The molecular formula is C13H19N. The van der Waals surface area contributed by atoms with Crippen LogP contribution >= 0.6 is 0 Å². The molecule has 0 aromatic heterocycles. The van der Waals surface area contributed by atoms with Crippen LogP contribution in [0.15, 0.2) is 11.1 Å². The molecule has 2 aliphatic rings. The Kier molecular flexibility index (Phi) is 2.91. The minimum absolute atomic E-state index is 0.913. The minimum atomic E-state index is 0.913. The molecule has 0 heterocycles. The van der Waals surface area contributed by atoms with E-state index in [4.69, 9.17) is 5.26 Å². The predicted octanol–water partition coefficient (Wildman–Crippen LogP) is 3.82. The van der Waals surface area contributed by atoms with Crippen LogP contribution in [0.1, 0.15) is 51.9 Å². The van der Waals surface area contributed by atoms with E-state index in [1.165, 1.54) is 50.5 Å². The maximum Gasteiger partial charge on any atom is 0.0943 e. The Bertz CT molecular complexity index is 282. The average molecular weight is 189 g/mol. The van der Waals surface area contributed by atoms with Crippen molar-refractivity contribution in [1.82, 2.24) is 0 Å². The van der Waals surface area contributed by atoms with E-state index >= 15 is 0 Å². The summed E-state index contributed by atoms with van der Waals surface area (Å²) in [5.41, 5.74) is 2.45. The molecule has 1 nitrogen and oxygen atoms in total. The molecule has 0 bridgehead atoms. The zero-order valence-electron chi connectivity index (χ0n) is 9.05. The molecule has 2 rings (SSSR count). The molecule has 0 aliphatic heterocycles. The molecule has 1 heteroatoms. The van der Waals surface area contributed by atoms with Gasteiger partial charge in [0.25, 0.3) is 0 Å². The van der Waals surface area contributed by atoms with Crippen molar-refractivity contribution in [3.8, 4) is 6.07 Å². The summed E-state index contributed by atoms with van der Waals surface area (Å²) in [6.07, 6.45) is 9.48. The van der Waals surface area contributed by atoms with Crippen LogP contribution in [0, 0.1) is 23.2 Å². The lowest BCUT2D eigenvalue weighted by Gasteiger charge is -2.36. The zero-order valence-corrected chi connectivity index (χ0v) is 9.05. The number of hydrogen-bond donors (Lipinski definition) is 0. The predicted molar refractivity (Wildman–Crippen MR) is 57.6 cm³/mol. The van der Waals surface area contributed by atoms with Crippen LogP contribution < -0.4 is 0 Å². The molecule has 2 fully saturated rings. The van der Waals surface area contributed by atoms with E-state index in [2.05, 4.69) is 6.07 Å². The van der Waals surface area contributed by atoms with Crippen molar-refractivity contribution in [3.05, 3.63) is 11.1 Å². The molecule has 2 unspecified atom stereocenters. The molecule has 2 aliphatic carbocycles. The molecule has 0 radical (unpaired) electrons. The first kappa shape index (κ1) is 9.77. The molecule has 0 amide bonds. The Labute approximate surface area is 86.8 Å². The maximum absolute atomic E-state index is 8.88. The fourth-order valence-corrected chi connectivity index (χ4v) is 3.13. The van der Waals surface area contributed by atoms with Crippen molar-refractivity contribution < 1.29 is 0 Å². The highest BCUT2D eigenvalue weighted by atomic mass is 14.4. The van der Waals surface area contributed by atoms with Gasteiger partial charge >= 0.3 is 0 Å². The van der Waals surface area contributed by atoms with Crippen LogP contribution in [-0.4, -0.2) is 0 Å². The Morgan fingerprint density at radius 3 is 2.64 bits per heavy atom. The van der Waals surface area contributed by atoms with Gasteiger partial charge in [-0.1, -0.05) is 24.8 Å². The molecule has 0 aromatic rings. The summed E-state index contributed by atoms with van der Waals surface area (Å²) >= 11 is 0. The second-order valence-electron chi connectivity index (χ2n) is 4.89. The summed E-state index contributed by atoms with van der Waals surface area (Å²) in [6, 6.07) is 2.31. The number of nitrogens with zero attached hydrogens (tertiary/aromatic N) is 1. The van der Waals surface area contributed by atoms with E-state index in [9.17, 15) is 0 Å². The van der Waals surface area contributed by atoms with E-state index in [-0.39, 0.29) is 0 Å². The van der Waals surface area contributed by atoms with Crippen LogP contribution in [-0.2, 0) is 0 Å². The zero-order chi connectivity index (χ0) is 9.97. The molecule has 0 spiro atoms. The number of hydrogen-bond acceptors (Lipinski definition) is 1. The smallest absolute Gasteiger partial charge is 0.0943 e. The van der Waals surface area contributed by atoms with Crippen LogP contribution in [0.5, 0.6) is 0 Å². The van der Waals surface area contributed by atoms with Gasteiger partial charge in [-0.3, -0.25) is 0 Å². The molecule has 0 N–H and O–H groups in total. The summed E-state index contributed by atoms with van der Waals surface area (Å²) in [4.78, 5) is 0. The Morgan fingerprint density at radius 1 is 1.21 bits per heavy atom. The molecule has 0 saturated heterocycles. The Balaban J connectivity index is 2.07. The largest absolute Gasteiger partial charge is 0.193 e. The van der Waals surface area contributed by atoms with Gasteiger partial charge in [-0.15, -0.1) is 0 Å². The van der Waals surface area contributed by atoms with Gasteiger partial charge in [0.2, 0.25) is 0 Å². The molecule has 0 aromatic carbocycles. The molecular weight excluding hydrogens is 170 g/mol. The van der Waals surface area contributed by atoms with Crippen LogP contribution in [0.3, 0.4) is 0 Å². The van der Waals surface area contributed by atoms with Gasteiger partial charge in [0.1, 0.15) is 0 Å². The quantitative estimate of drug-likeness (QED) is 0.531. The van der Waals surface area contributed by atoms with E-state index in [1.807, 2.05) is 6.92 Å². The SMILES string of the molecule is CC(C#N)=C1CCC2CCCCC2C1. The minimum Gasteiger partial charge on any atom is -0.193 e. The Hall–Kier alpha value is -0.770. The Morgan fingerprint density at radius 2 is 1.93 bits per heavy atom. The number of fused-ring (bicyclic) bond motifs is 1. The van der Waals surface area contributed by atoms with E-state index in [1.54, 1.807) is 0 Å². The van der Waals surface area contributed by atoms with Gasteiger partial charge in [-0.2, -0.15) is 5.26 Å². The highest BCUT2D eigenvalue weighted by molar-refractivity contribution is 5.27. The van der Waals surface area contributed by atoms with Crippen molar-refractivity contribution in [2.24, 2.45) is 11.8 Å². The summed E-state index contributed by atoms with van der Waals surface area (Å²) in [7, 11) is 0. The molecule has 14 heavy (non-hydrogen) atoms.